The summed E-state index contributed by atoms with van der Waals surface area (Å²) in [6.07, 6.45) is 5.31. The Kier molecular flexibility index (Phi) is 3.19. The number of aryl methyl sites for hydroxylation is 2. The summed E-state index contributed by atoms with van der Waals surface area (Å²) in [5.41, 5.74) is 2.26. The number of rotatable bonds is 0. The van der Waals surface area contributed by atoms with Crippen LogP contribution in [0.1, 0.15) is 17.7 Å². The summed E-state index contributed by atoms with van der Waals surface area (Å²) in [6.45, 7) is 4.08. The van der Waals surface area contributed by atoms with Gasteiger partial charge in [-0.1, -0.05) is 20.3 Å². The predicted octanol–water partition coefficient (Wildman–Crippen LogP) is 0.461. The summed E-state index contributed by atoms with van der Waals surface area (Å²) in [6, 6.07) is 3.31. The summed E-state index contributed by atoms with van der Waals surface area (Å²) in [7, 11) is 0. The fourth-order valence-corrected chi connectivity index (χ4v) is 1.28. The number of aromatic nitrogens is 1. The van der Waals surface area contributed by atoms with Crippen LogP contribution < -0.4 is 10.6 Å². The molecule has 0 aromatic carbocycles. The molecule has 0 aliphatic heterocycles. The molecular weight excluding hydrogens is 223 g/mol. The molecule has 0 atom stereocenters. The minimum atomic E-state index is 0. The van der Waals surface area contributed by atoms with Crippen LogP contribution in [0.5, 0.6) is 0 Å². The van der Waals surface area contributed by atoms with E-state index in [1.165, 1.54) is 5.22 Å². The third-order valence-corrected chi connectivity index (χ3v) is 2.06. The van der Waals surface area contributed by atoms with Gasteiger partial charge < -0.3 is 4.98 Å². The Morgan fingerprint density at radius 2 is 2.08 bits per heavy atom. The molecule has 12 heavy (non-hydrogen) atoms. The van der Waals surface area contributed by atoms with Gasteiger partial charge in [0.1, 0.15) is 0 Å². The summed E-state index contributed by atoms with van der Waals surface area (Å²) in [5, 5.41) is 2.28. The number of fused-ring (bicyclic) bond motifs is 1. The largest absolute Gasteiger partial charge is 0.349 e. The minimum Gasteiger partial charge on any atom is -0.349 e. The van der Waals surface area contributed by atoms with E-state index in [0.717, 1.165) is 23.0 Å². The molecule has 1 aliphatic carbocycles. The fourth-order valence-electron chi connectivity index (χ4n) is 1.28. The van der Waals surface area contributed by atoms with Crippen LogP contribution in [0.4, 0.5) is 0 Å². The Labute approximate surface area is 97.5 Å². The van der Waals surface area contributed by atoms with Gasteiger partial charge in [0.25, 0.3) is 0 Å². The second-order valence-corrected chi connectivity index (χ2v) is 2.89. The SMILES string of the molecule is Cc1[c-]c2c(nc1C)=CCC=2.[Y]. The zero-order valence-electron chi connectivity index (χ0n) is 7.39. The van der Waals surface area contributed by atoms with Crippen molar-refractivity contribution in [3.8, 4) is 0 Å². The van der Waals surface area contributed by atoms with Crippen LogP contribution in [-0.4, -0.2) is 4.98 Å². The zero-order valence-corrected chi connectivity index (χ0v) is 10.2. The molecule has 1 radical (unpaired) electrons. The monoisotopic (exact) mass is 233 g/mol. The molecule has 1 heterocycles. The molecule has 0 saturated carbocycles. The van der Waals surface area contributed by atoms with Crippen molar-refractivity contribution in [2.24, 2.45) is 0 Å². The Balaban J connectivity index is 0.000000720. The van der Waals surface area contributed by atoms with Gasteiger partial charge in [-0.2, -0.15) is 6.08 Å². The van der Waals surface area contributed by atoms with Crippen molar-refractivity contribution in [1.29, 1.82) is 0 Å². The number of hydrogen-bond acceptors (Lipinski definition) is 1. The van der Waals surface area contributed by atoms with Crippen molar-refractivity contribution in [2.75, 3.05) is 0 Å². The minimum absolute atomic E-state index is 0. The smallest absolute Gasteiger partial charge is 0 e. The topological polar surface area (TPSA) is 12.9 Å². The van der Waals surface area contributed by atoms with Gasteiger partial charge in [0.15, 0.2) is 0 Å². The molecule has 2 heteroatoms. The standard InChI is InChI=1S/C10H10N.Y/c1-7-6-9-4-3-5-10(9)11-8(7)2;/h4-5H,3H2,1-2H3;/q-1;. The number of hydrogen-bond donors (Lipinski definition) is 0. The Morgan fingerprint density at radius 3 is 2.83 bits per heavy atom. The molecule has 0 bridgehead atoms. The van der Waals surface area contributed by atoms with Crippen LogP contribution >= 0.6 is 0 Å². The van der Waals surface area contributed by atoms with Gasteiger partial charge in [-0.15, -0.1) is 22.9 Å². The molecule has 1 aromatic heterocycles. The van der Waals surface area contributed by atoms with Crippen molar-refractivity contribution in [2.45, 2.75) is 20.3 Å². The fraction of sp³-hybridized carbons (Fsp3) is 0.300. The van der Waals surface area contributed by atoms with E-state index in [4.69, 9.17) is 0 Å². The number of pyridine rings is 1. The Hall–Kier alpha value is -0.00610. The normalized spacial score (nSPS) is 12.5. The quantitative estimate of drug-likeness (QED) is 0.593. The van der Waals surface area contributed by atoms with Crippen LogP contribution in [-0.2, 0) is 32.7 Å². The summed E-state index contributed by atoms with van der Waals surface area (Å²) < 4.78 is 0. The van der Waals surface area contributed by atoms with Crippen LogP contribution in [0.3, 0.4) is 0 Å². The van der Waals surface area contributed by atoms with E-state index in [1.807, 2.05) is 6.92 Å². The Morgan fingerprint density at radius 1 is 1.33 bits per heavy atom. The molecule has 1 aromatic rings. The molecule has 0 spiro atoms. The van der Waals surface area contributed by atoms with Crippen molar-refractivity contribution in [1.82, 2.24) is 4.98 Å². The molecule has 1 aliphatic rings. The van der Waals surface area contributed by atoms with Gasteiger partial charge in [0.2, 0.25) is 0 Å². The molecule has 0 unspecified atom stereocenters. The van der Waals surface area contributed by atoms with E-state index in [1.54, 1.807) is 0 Å². The summed E-state index contributed by atoms with van der Waals surface area (Å²) in [4.78, 5) is 4.44. The maximum Gasteiger partial charge on any atom is 0 e. The van der Waals surface area contributed by atoms with Gasteiger partial charge >= 0.3 is 0 Å². The van der Waals surface area contributed by atoms with E-state index in [9.17, 15) is 0 Å². The van der Waals surface area contributed by atoms with Gasteiger partial charge in [0.05, 0.1) is 0 Å². The van der Waals surface area contributed by atoms with E-state index in [0.29, 0.717) is 0 Å². The van der Waals surface area contributed by atoms with E-state index >= 15 is 0 Å². The average molecular weight is 233 g/mol. The molecular formula is C10H10NY-. The molecule has 0 fully saturated rings. The molecule has 0 amide bonds. The van der Waals surface area contributed by atoms with E-state index < -0.39 is 0 Å². The van der Waals surface area contributed by atoms with Crippen molar-refractivity contribution in [3.63, 3.8) is 0 Å². The first kappa shape index (κ1) is 10.1. The molecule has 1 nitrogen and oxygen atoms in total. The van der Waals surface area contributed by atoms with E-state index in [2.05, 4.69) is 30.1 Å². The van der Waals surface area contributed by atoms with Gasteiger partial charge in [-0.3, -0.25) is 0 Å². The first-order valence-electron chi connectivity index (χ1n) is 3.84. The van der Waals surface area contributed by atoms with Crippen LogP contribution in [0.25, 0.3) is 12.2 Å². The zero-order chi connectivity index (χ0) is 7.84. The molecule has 59 valence electrons. The van der Waals surface area contributed by atoms with Crippen molar-refractivity contribution >= 4 is 12.2 Å². The second kappa shape index (κ2) is 3.80. The van der Waals surface area contributed by atoms with Crippen LogP contribution in [0.15, 0.2) is 0 Å². The maximum atomic E-state index is 4.44. The molecule has 0 N–H and O–H groups in total. The first-order chi connectivity index (χ1) is 5.27. The predicted molar refractivity (Wildman–Crippen MR) is 45.3 cm³/mol. The second-order valence-electron chi connectivity index (χ2n) is 2.89. The van der Waals surface area contributed by atoms with Crippen molar-refractivity contribution in [3.05, 3.63) is 27.9 Å². The maximum absolute atomic E-state index is 4.44. The van der Waals surface area contributed by atoms with E-state index in [-0.39, 0.29) is 32.7 Å². The van der Waals surface area contributed by atoms with Gasteiger partial charge in [0, 0.05) is 32.7 Å². The van der Waals surface area contributed by atoms with Gasteiger partial charge in [-0.05, 0) is 11.0 Å². The van der Waals surface area contributed by atoms with Crippen molar-refractivity contribution < 1.29 is 32.7 Å². The average Bonchev–Trinajstić information content (AvgIpc) is 2.36. The van der Waals surface area contributed by atoms with Crippen LogP contribution in [0, 0.1) is 19.9 Å². The van der Waals surface area contributed by atoms with Crippen LogP contribution in [0.2, 0.25) is 0 Å². The summed E-state index contributed by atoms with van der Waals surface area (Å²) in [5.74, 6) is 0. The third kappa shape index (κ3) is 1.67. The summed E-state index contributed by atoms with van der Waals surface area (Å²) >= 11 is 0. The first-order valence-corrected chi connectivity index (χ1v) is 3.84. The van der Waals surface area contributed by atoms with Gasteiger partial charge in [-0.25, -0.2) is 0 Å². The third-order valence-electron chi connectivity index (χ3n) is 2.06. The number of nitrogens with zero attached hydrogens (tertiary/aromatic N) is 1. The molecule has 2 rings (SSSR count). The Bertz CT molecular complexity index is 368. The molecule has 0 saturated heterocycles.